The lowest BCUT2D eigenvalue weighted by Gasteiger charge is -2.09. The molecule has 3 nitrogen and oxygen atoms in total. The zero-order chi connectivity index (χ0) is 7.11. The highest BCUT2D eigenvalue weighted by atomic mass is 16.3. The third kappa shape index (κ3) is 4.12. The van der Waals surface area contributed by atoms with Crippen molar-refractivity contribution >= 4 is 6.29 Å². The first-order valence-corrected chi connectivity index (χ1v) is 3.13. The van der Waals surface area contributed by atoms with E-state index in [2.05, 4.69) is 5.32 Å². The monoisotopic (exact) mass is 131 g/mol. The van der Waals surface area contributed by atoms with Gasteiger partial charge in [0.25, 0.3) is 0 Å². The molecule has 0 aromatic heterocycles. The normalized spacial score (nSPS) is 13.1. The van der Waals surface area contributed by atoms with Gasteiger partial charge in [-0.2, -0.15) is 0 Å². The van der Waals surface area contributed by atoms with E-state index in [9.17, 15) is 4.79 Å². The Labute approximate surface area is 55.1 Å². The van der Waals surface area contributed by atoms with Crippen LogP contribution in [0.25, 0.3) is 0 Å². The van der Waals surface area contributed by atoms with Crippen LogP contribution in [0.4, 0.5) is 0 Å². The Bertz CT molecular complexity index is 71.5. The SMILES string of the molecule is CC[C@@H](CO)NCC=O. The van der Waals surface area contributed by atoms with Gasteiger partial charge in [0.05, 0.1) is 13.2 Å². The molecule has 0 spiro atoms. The Kier molecular flexibility index (Phi) is 5.46. The number of aliphatic hydroxyl groups is 1. The van der Waals surface area contributed by atoms with Gasteiger partial charge < -0.3 is 15.2 Å². The van der Waals surface area contributed by atoms with E-state index in [1.807, 2.05) is 6.92 Å². The number of aldehydes is 1. The third-order valence-corrected chi connectivity index (χ3v) is 1.20. The predicted octanol–water partition coefficient (Wildman–Crippen LogP) is -0.454. The maximum atomic E-state index is 9.80. The van der Waals surface area contributed by atoms with Crippen LogP contribution in [0.3, 0.4) is 0 Å². The van der Waals surface area contributed by atoms with Gasteiger partial charge in [-0.25, -0.2) is 0 Å². The highest BCUT2D eigenvalue weighted by Crippen LogP contribution is 1.85. The summed E-state index contributed by atoms with van der Waals surface area (Å²) >= 11 is 0. The fourth-order valence-corrected chi connectivity index (χ4v) is 0.553. The van der Waals surface area contributed by atoms with Crippen molar-refractivity contribution in [3.63, 3.8) is 0 Å². The summed E-state index contributed by atoms with van der Waals surface area (Å²) < 4.78 is 0. The standard InChI is InChI=1S/C6H13NO2/c1-2-6(5-9)7-3-4-8/h4,6-7,9H,2-3,5H2,1H3/t6-/m0/s1. The van der Waals surface area contributed by atoms with E-state index in [1.54, 1.807) is 0 Å². The summed E-state index contributed by atoms with van der Waals surface area (Å²) in [5.41, 5.74) is 0. The zero-order valence-electron chi connectivity index (χ0n) is 5.63. The van der Waals surface area contributed by atoms with Crippen LogP contribution < -0.4 is 5.32 Å². The van der Waals surface area contributed by atoms with Crippen LogP contribution in [0.2, 0.25) is 0 Å². The van der Waals surface area contributed by atoms with Crippen LogP contribution in [-0.4, -0.2) is 30.6 Å². The second kappa shape index (κ2) is 5.72. The van der Waals surface area contributed by atoms with E-state index in [0.29, 0.717) is 6.54 Å². The number of nitrogens with one attached hydrogen (secondary N) is 1. The van der Waals surface area contributed by atoms with Crippen LogP contribution in [0.5, 0.6) is 0 Å². The average Bonchev–Trinajstić information content (AvgIpc) is 1.91. The lowest BCUT2D eigenvalue weighted by molar-refractivity contribution is -0.107. The van der Waals surface area contributed by atoms with Crippen molar-refractivity contribution in [3.8, 4) is 0 Å². The Morgan fingerprint density at radius 1 is 1.78 bits per heavy atom. The molecule has 54 valence electrons. The first-order chi connectivity index (χ1) is 4.35. The van der Waals surface area contributed by atoms with Gasteiger partial charge in [0.15, 0.2) is 0 Å². The van der Waals surface area contributed by atoms with Crippen molar-refractivity contribution in [2.45, 2.75) is 19.4 Å². The molecule has 0 bridgehead atoms. The molecule has 0 saturated heterocycles. The summed E-state index contributed by atoms with van der Waals surface area (Å²) in [6.07, 6.45) is 1.64. The summed E-state index contributed by atoms with van der Waals surface area (Å²) in [4.78, 5) is 9.80. The molecule has 0 rings (SSSR count). The van der Waals surface area contributed by atoms with Crippen molar-refractivity contribution in [3.05, 3.63) is 0 Å². The Hall–Kier alpha value is -0.410. The average molecular weight is 131 g/mol. The summed E-state index contributed by atoms with van der Waals surface area (Å²) in [7, 11) is 0. The van der Waals surface area contributed by atoms with Gasteiger partial charge in [0.2, 0.25) is 0 Å². The van der Waals surface area contributed by atoms with Crippen molar-refractivity contribution in [1.82, 2.24) is 5.32 Å². The number of hydrogen-bond acceptors (Lipinski definition) is 3. The van der Waals surface area contributed by atoms with E-state index >= 15 is 0 Å². The summed E-state index contributed by atoms with van der Waals surface area (Å²) in [6, 6.07) is 0.0789. The highest BCUT2D eigenvalue weighted by Gasteiger charge is 1.99. The van der Waals surface area contributed by atoms with E-state index in [0.717, 1.165) is 12.7 Å². The number of aliphatic hydroxyl groups excluding tert-OH is 1. The molecule has 0 heterocycles. The van der Waals surface area contributed by atoms with Gasteiger partial charge in [-0.3, -0.25) is 0 Å². The van der Waals surface area contributed by atoms with Crippen LogP contribution in [-0.2, 0) is 4.79 Å². The molecule has 0 radical (unpaired) electrons. The smallest absolute Gasteiger partial charge is 0.133 e. The fraction of sp³-hybridized carbons (Fsp3) is 0.833. The summed E-state index contributed by atoms with van der Waals surface area (Å²) in [5, 5.41) is 11.4. The van der Waals surface area contributed by atoms with Gasteiger partial charge in [0, 0.05) is 6.04 Å². The molecule has 0 fully saturated rings. The van der Waals surface area contributed by atoms with Crippen molar-refractivity contribution in [1.29, 1.82) is 0 Å². The zero-order valence-corrected chi connectivity index (χ0v) is 5.63. The topological polar surface area (TPSA) is 49.3 Å². The second-order valence-electron chi connectivity index (χ2n) is 1.86. The van der Waals surface area contributed by atoms with E-state index in [-0.39, 0.29) is 12.6 Å². The molecule has 0 aromatic rings. The predicted molar refractivity (Wildman–Crippen MR) is 35.2 cm³/mol. The summed E-state index contributed by atoms with van der Waals surface area (Å²) in [6.45, 7) is 2.39. The van der Waals surface area contributed by atoms with Crippen LogP contribution >= 0.6 is 0 Å². The molecule has 0 amide bonds. The molecular weight excluding hydrogens is 118 g/mol. The molecule has 1 atom stereocenters. The molecule has 9 heavy (non-hydrogen) atoms. The molecular formula is C6H13NO2. The first-order valence-electron chi connectivity index (χ1n) is 3.13. The molecule has 0 unspecified atom stereocenters. The molecule has 0 aliphatic rings. The van der Waals surface area contributed by atoms with E-state index < -0.39 is 0 Å². The minimum atomic E-state index is 0.0789. The number of rotatable bonds is 5. The van der Waals surface area contributed by atoms with Gasteiger partial charge in [-0.05, 0) is 6.42 Å². The highest BCUT2D eigenvalue weighted by molar-refractivity contribution is 5.51. The van der Waals surface area contributed by atoms with Crippen LogP contribution in [0, 0.1) is 0 Å². The second-order valence-corrected chi connectivity index (χ2v) is 1.86. The lowest BCUT2D eigenvalue weighted by atomic mass is 10.2. The van der Waals surface area contributed by atoms with Crippen molar-refractivity contribution < 1.29 is 9.90 Å². The Morgan fingerprint density at radius 2 is 2.44 bits per heavy atom. The van der Waals surface area contributed by atoms with Crippen molar-refractivity contribution in [2.75, 3.05) is 13.2 Å². The minimum Gasteiger partial charge on any atom is -0.395 e. The quantitative estimate of drug-likeness (QED) is 0.497. The number of hydrogen-bond donors (Lipinski definition) is 2. The van der Waals surface area contributed by atoms with Gasteiger partial charge in [0.1, 0.15) is 6.29 Å². The van der Waals surface area contributed by atoms with E-state index in [1.165, 1.54) is 0 Å². The third-order valence-electron chi connectivity index (χ3n) is 1.20. The van der Waals surface area contributed by atoms with Crippen LogP contribution in [0.15, 0.2) is 0 Å². The Balaban J connectivity index is 3.19. The van der Waals surface area contributed by atoms with E-state index in [4.69, 9.17) is 5.11 Å². The van der Waals surface area contributed by atoms with Gasteiger partial charge in [-0.15, -0.1) is 0 Å². The van der Waals surface area contributed by atoms with Crippen LogP contribution in [0.1, 0.15) is 13.3 Å². The number of carbonyl (C=O) groups excluding carboxylic acids is 1. The molecule has 0 saturated carbocycles. The van der Waals surface area contributed by atoms with Gasteiger partial charge in [-0.1, -0.05) is 6.92 Å². The maximum Gasteiger partial charge on any atom is 0.133 e. The molecule has 3 heteroatoms. The van der Waals surface area contributed by atoms with Gasteiger partial charge >= 0.3 is 0 Å². The first kappa shape index (κ1) is 8.59. The fourth-order valence-electron chi connectivity index (χ4n) is 0.553. The largest absolute Gasteiger partial charge is 0.395 e. The Morgan fingerprint density at radius 3 is 2.78 bits per heavy atom. The molecule has 0 aliphatic heterocycles. The number of carbonyl (C=O) groups is 1. The maximum absolute atomic E-state index is 9.80. The molecule has 2 N–H and O–H groups in total. The minimum absolute atomic E-state index is 0.0789. The molecule has 0 aliphatic carbocycles. The lowest BCUT2D eigenvalue weighted by Crippen LogP contribution is -2.32. The summed E-state index contributed by atoms with van der Waals surface area (Å²) in [5.74, 6) is 0. The van der Waals surface area contributed by atoms with Crippen molar-refractivity contribution in [2.24, 2.45) is 0 Å². The molecule has 0 aromatic carbocycles.